The van der Waals surface area contributed by atoms with Gasteiger partial charge in [0.15, 0.2) is 0 Å². The first-order chi connectivity index (χ1) is 11.1. The van der Waals surface area contributed by atoms with Gasteiger partial charge in [0.2, 0.25) is 0 Å². The number of nitrogens with zero attached hydrogens (tertiary/aromatic N) is 2. The van der Waals surface area contributed by atoms with E-state index < -0.39 is 0 Å². The van der Waals surface area contributed by atoms with Gasteiger partial charge in [0.05, 0.1) is 13.1 Å². The smallest absolute Gasteiger partial charge is 0.343 e. The lowest BCUT2D eigenvalue weighted by atomic mass is 10.2. The Morgan fingerprint density at radius 3 is 2.65 bits per heavy atom. The Bertz CT molecular complexity index is 858. The molecule has 0 fully saturated rings. The van der Waals surface area contributed by atoms with Gasteiger partial charge in [-0.1, -0.05) is 47.5 Å². The number of aromatic nitrogens is 3. The van der Waals surface area contributed by atoms with Gasteiger partial charge in [-0.25, -0.2) is 9.48 Å². The molecular formula is C16H14Cl2N4O. The molecule has 3 rings (SSSR count). The maximum Gasteiger partial charge on any atom is 0.343 e. The van der Waals surface area contributed by atoms with E-state index in [9.17, 15) is 4.79 Å². The van der Waals surface area contributed by atoms with Crippen LogP contribution in [0.5, 0.6) is 0 Å². The summed E-state index contributed by atoms with van der Waals surface area (Å²) in [6, 6.07) is 14.9. The number of rotatable bonds is 5. The van der Waals surface area contributed by atoms with Crippen LogP contribution in [0.1, 0.15) is 11.4 Å². The van der Waals surface area contributed by atoms with Crippen molar-refractivity contribution in [1.29, 1.82) is 0 Å². The number of benzene rings is 2. The Labute approximate surface area is 142 Å². The predicted octanol–water partition coefficient (Wildman–Crippen LogP) is 3.54. The molecule has 1 heterocycles. The standard InChI is InChI=1S/C16H14Cl2N4O/c17-12-7-6-11(14(18)8-12)10-22-16(23)20-15(21-22)9-19-13-4-2-1-3-5-13/h1-8,19H,9-10H2,(H,20,21,23). The zero-order valence-electron chi connectivity index (χ0n) is 12.1. The van der Waals surface area contributed by atoms with Crippen LogP contribution < -0.4 is 11.0 Å². The summed E-state index contributed by atoms with van der Waals surface area (Å²) in [7, 11) is 0. The van der Waals surface area contributed by atoms with Crippen molar-refractivity contribution >= 4 is 28.9 Å². The van der Waals surface area contributed by atoms with Crippen LogP contribution in [0.4, 0.5) is 5.69 Å². The van der Waals surface area contributed by atoms with Gasteiger partial charge in [-0.2, -0.15) is 5.10 Å². The molecule has 3 aromatic rings. The van der Waals surface area contributed by atoms with E-state index in [1.54, 1.807) is 18.2 Å². The maximum atomic E-state index is 12.0. The number of halogens is 2. The van der Waals surface area contributed by atoms with Gasteiger partial charge in [0, 0.05) is 15.7 Å². The Morgan fingerprint density at radius 2 is 1.91 bits per heavy atom. The Kier molecular flexibility index (Phi) is 4.69. The summed E-state index contributed by atoms with van der Waals surface area (Å²) in [5.41, 5.74) is 1.47. The molecule has 0 saturated heterocycles. The van der Waals surface area contributed by atoms with E-state index in [1.807, 2.05) is 30.3 Å². The quantitative estimate of drug-likeness (QED) is 0.741. The Balaban J connectivity index is 1.72. The molecule has 1 aromatic heterocycles. The molecule has 2 N–H and O–H groups in total. The number of H-pyrrole nitrogens is 1. The Hall–Kier alpha value is -2.24. The first-order valence-electron chi connectivity index (χ1n) is 7.00. The molecule has 0 radical (unpaired) electrons. The van der Waals surface area contributed by atoms with Gasteiger partial charge >= 0.3 is 5.69 Å². The third-order valence-corrected chi connectivity index (χ3v) is 3.88. The van der Waals surface area contributed by atoms with Gasteiger partial charge in [-0.3, -0.25) is 4.98 Å². The molecule has 0 aliphatic carbocycles. The van der Waals surface area contributed by atoms with Crippen LogP contribution >= 0.6 is 23.2 Å². The predicted molar refractivity (Wildman–Crippen MR) is 92.2 cm³/mol. The minimum Gasteiger partial charge on any atom is -0.378 e. The lowest BCUT2D eigenvalue weighted by Crippen LogP contribution is -2.18. The van der Waals surface area contributed by atoms with Crippen LogP contribution in [-0.2, 0) is 13.1 Å². The van der Waals surface area contributed by atoms with Gasteiger partial charge in [0.25, 0.3) is 0 Å². The molecule has 118 valence electrons. The van der Waals surface area contributed by atoms with Gasteiger partial charge in [-0.05, 0) is 29.8 Å². The molecule has 0 atom stereocenters. The van der Waals surface area contributed by atoms with E-state index in [0.717, 1.165) is 11.3 Å². The molecule has 23 heavy (non-hydrogen) atoms. The van der Waals surface area contributed by atoms with E-state index in [0.29, 0.717) is 22.4 Å². The number of aromatic amines is 1. The number of hydrogen-bond acceptors (Lipinski definition) is 3. The van der Waals surface area contributed by atoms with Crippen molar-refractivity contribution < 1.29 is 0 Å². The lowest BCUT2D eigenvalue weighted by Gasteiger charge is -2.04. The molecule has 0 aliphatic rings. The first-order valence-corrected chi connectivity index (χ1v) is 7.76. The molecule has 7 heteroatoms. The largest absolute Gasteiger partial charge is 0.378 e. The summed E-state index contributed by atoms with van der Waals surface area (Å²) in [5.74, 6) is 0.559. The molecular weight excluding hydrogens is 335 g/mol. The highest BCUT2D eigenvalue weighted by Gasteiger charge is 2.08. The lowest BCUT2D eigenvalue weighted by molar-refractivity contribution is 0.651. The Morgan fingerprint density at radius 1 is 1.13 bits per heavy atom. The molecule has 2 aromatic carbocycles. The molecule has 0 unspecified atom stereocenters. The molecule has 5 nitrogen and oxygen atoms in total. The third-order valence-electron chi connectivity index (χ3n) is 3.30. The number of nitrogens with one attached hydrogen (secondary N) is 2. The van der Waals surface area contributed by atoms with E-state index in [1.165, 1.54) is 4.68 Å². The van der Waals surface area contributed by atoms with Crippen molar-refractivity contribution in [2.45, 2.75) is 13.1 Å². The number of para-hydroxylation sites is 1. The highest BCUT2D eigenvalue weighted by atomic mass is 35.5. The van der Waals surface area contributed by atoms with Crippen LogP contribution in [0.3, 0.4) is 0 Å². The summed E-state index contributed by atoms with van der Waals surface area (Å²) in [6.45, 7) is 0.720. The van der Waals surface area contributed by atoms with Crippen molar-refractivity contribution in [2.75, 3.05) is 5.32 Å². The third kappa shape index (κ3) is 3.94. The van der Waals surface area contributed by atoms with E-state index >= 15 is 0 Å². The fourth-order valence-electron chi connectivity index (χ4n) is 2.14. The maximum absolute atomic E-state index is 12.0. The molecule has 0 amide bonds. The van der Waals surface area contributed by atoms with Crippen molar-refractivity contribution in [3.05, 3.63) is 80.4 Å². The van der Waals surface area contributed by atoms with Crippen LogP contribution in [0.15, 0.2) is 53.3 Å². The highest BCUT2D eigenvalue weighted by Crippen LogP contribution is 2.21. The second-order valence-electron chi connectivity index (χ2n) is 4.99. The van der Waals surface area contributed by atoms with Gasteiger partial charge in [0.1, 0.15) is 5.82 Å². The summed E-state index contributed by atoms with van der Waals surface area (Å²) < 4.78 is 1.34. The fraction of sp³-hybridized carbons (Fsp3) is 0.125. The number of anilines is 1. The van der Waals surface area contributed by atoms with Gasteiger partial charge in [-0.15, -0.1) is 0 Å². The zero-order valence-corrected chi connectivity index (χ0v) is 13.6. The van der Waals surface area contributed by atoms with Crippen LogP contribution in [0.25, 0.3) is 0 Å². The summed E-state index contributed by atoms with van der Waals surface area (Å²) in [6.07, 6.45) is 0. The monoisotopic (exact) mass is 348 g/mol. The molecule has 0 spiro atoms. The fourth-order valence-corrected chi connectivity index (χ4v) is 2.61. The highest BCUT2D eigenvalue weighted by molar-refractivity contribution is 6.35. The average molecular weight is 349 g/mol. The minimum absolute atomic E-state index is 0.277. The summed E-state index contributed by atoms with van der Waals surface area (Å²) >= 11 is 12.0. The minimum atomic E-state index is -0.277. The van der Waals surface area contributed by atoms with Crippen LogP contribution in [-0.4, -0.2) is 14.8 Å². The molecule has 0 aliphatic heterocycles. The van der Waals surface area contributed by atoms with Crippen molar-refractivity contribution in [2.24, 2.45) is 0 Å². The van der Waals surface area contributed by atoms with E-state index in [2.05, 4.69) is 15.4 Å². The second-order valence-corrected chi connectivity index (χ2v) is 5.83. The van der Waals surface area contributed by atoms with Crippen LogP contribution in [0.2, 0.25) is 10.0 Å². The van der Waals surface area contributed by atoms with Crippen LogP contribution in [0, 0.1) is 0 Å². The SMILES string of the molecule is O=c1[nH]c(CNc2ccccc2)nn1Cc1ccc(Cl)cc1Cl. The second kappa shape index (κ2) is 6.89. The van der Waals surface area contributed by atoms with Crippen molar-refractivity contribution in [1.82, 2.24) is 14.8 Å². The van der Waals surface area contributed by atoms with Crippen molar-refractivity contribution in [3.63, 3.8) is 0 Å². The zero-order chi connectivity index (χ0) is 16.2. The first kappa shape index (κ1) is 15.6. The summed E-state index contributed by atoms with van der Waals surface area (Å²) in [5, 5.41) is 8.54. The summed E-state index contributed by atoms with van der Waals surface area (Å²) in [4.78, 5) is 14.7. The van der Waals surface area contributed by atoms with E-state index in [4.69, 9.17) is 23.2 Å². The average Bonchev–Trinajstić information content (AvgIpc) is 2.89. The molecule has 0 bridgehead atoms. The van der Waals surface area contributed by atoms with Crippen molar-refractivity contribution in [3.8, 4) is 0 Å². The normalized spacial score (nSPS) is 10.7. The van der Waals surface area contributed by atoms with E-state index in [-0.39, 0.29) is 12.2 Å². The van der Waals surface area contributed by atoms with Gasteiger partial charge < -0.3 is 5.32 Å². The molecule has 0 saturated carbocycles. The number of hydrogen-bond donors (Lipinski definition) is 2. The topological polar surface area (TPSA) is 62.7 Å².